The van der Waals surface area contributed by atoms with Crippen molar-refractivity contribution in [3.05, 3.63) is 58.1 Å². The van der Waals surface area contributed by atoms with Crippen molar-refractivity contribution in [3.8, 4) is 0 Å². The summed E-state index contributed by atoms with van der Waals surface area (Å²) in [7, 11) is -2.32. The van der Waals surface area contributed by atoms with Crippen LogP contribution in [0.4, 0.5) is 5.69 Å². The van der Waals surface area contributed by atoms with Crippen molar-refractivity contribution >= 4 is 37.5 Å². The molecule has 2 aromatic carbocycles. The maximum atomic E-state index is 12.5. The van der Waals surface area contributed by atoms with Crippen LogP contribution in [0.15, 0.2) is 51.8 Å². The molecule has 2 aromatic rings. The van der Waals surface area contributed by atoms with Crippen LogP contribution >= 0.6 is 15.9 Å². The maximum Gasteiger partial charge on any atom is 0.243 e. The molecule has 5 nitrogen and oxygen atoms in total. The average molecular weight is 411 g/mol. The topological polar surface area (TPSA) is 66.5 Å². The molecule has 0 saturated heterocycles. The molecule has 0 aliphatic rings. The number of sulfonamides is 1. The third-order valence-electron chi connectivity index (χ3n) is 3.39. The van der Waals surface area contributed by atoms with Gasteiger partial charge in [-0.05, 0) is 61.4 Å². The van der Waals surface area contributed by atoms with E-state index in [1.165, 1.54) is 19.2 Å². The summed E-state index contributed by atoms with van der Waals surface area (Å²) >= 11 is 3.27. The van der Waals surface area contributed by atoms with E-state index in [0.29, 0.717) is 5.69 Å². The summed E-state index contributed by atoms with van der Waals surface area (Å²) in [4.78, 5) is 12.3. The number of likely N-dealkylation sites (N-methyl/N-ethyl adjacent to an activating group) is 1. The Morgan fingerprint density at radius 2 is 1.62 bits per heavy atom. The molecule has 7 heteroatoms. The highest BCUT2D eigenvalue weighted by Gasteiger charge is 2.22. The highest BCUT2D eigenvalue weighted by Crippen LogP contribution is 2.18. The van der Waals surface area contributed by atoms with Gasteiger partial charge < -0.3 is 5.32 Å². The summed E-state index contributed by atoms with van der Waals surface area (Å²) in [6.45, 7) is 3.62. The predicted octanol–water partition coefficient (Wildman–Crippen LogP) is 3.33. The fourth-order valence-corrected chi connectivity index (χ4v) is 3.71. The molecule has 128 valence electrons. The summed E-state index contributed by atoms with van der Waals surface area (Å²) in [6.07, 6.45) is 0. The van der Waals surface area contributed by atoms with E-state index in [9.17, 15) is 13.2 Å². The van der Waals surface area contributed by atoms with E-state index >= 15 is 0 Å². The number of hydrogen-bond acceptors (Lipinski definition) is 3. The van der Waals surface area contributed by atoms with Gasteiger partial charge in [-0.3, -0.25) is 4.79 Å². The van der Waals surface area contributed by atoms with E-state index in [1.807, 2.05) is 32.0 Å². The van der Waals surface area contributed by atoms with Crippen molar-refractivity contribution in [1.82, 2.24) is 4.31 Å². The van der Waals surface area contributed by atoms with Gasteiger partial charge in [-0.2, -0.15) is 4.31 Å². The Kier molecular flexibility index (Phi) is 5.79. The molecule has 1 N–H and O–H groups in total. The third kappa shape index (κ3) is 4.66. The van der Waals surface area contributed by atoms with Gasteiger partial charge in [0.2, 0.25) is 15.9 Å². The Morgan fingerprint density at radius 3 is 2.17 bits per heavy atom. The van der Waals surface area contributed by atoms with E-state index in [-0.39, 0.29) is 17.3 Å². The highest BCUT2D eigenvalue weighted by atomic mass is 79.9. The molecule has 0 unspecified atom stereocenters. The van der Waals surface area contributed by atoms with Crippen LogP contribution in [0, 0.1) is 13.8 Å². The molecule has 0 radical (unpaired) electrons. The molecule has 2 rings (SSSR count). The monoisotopic (exact) mass is 410 g/mol. The highest BCUT2D eigenvalue weighted by molar-refractivity contribution is 9.10. The normalized spacial score (nSPS) is 11.5. The van der Waals surface area contributed by atoms with Gasteiger partial charge in [-0.25, -0.2) is 8.42 Å². The first kappa shape index (κ1) is 18.6. The minimum Gasteiger partial charge on any atom is -0.325 e. The number of rotatable bonds is 5. The molecule has 0 aromatic heterocycles. The van der Waals surface area contributed by atoms with E-state index in [0.717, 1.165) is 19.9 Å². The van der Waals surface area contributed by atoms with Gasteiger partial charge in [0.05, 0.1) is 11.4 Å². The van der Waals surface area contributed by atoms with E-state index < -0.39 is 10.0 Å². The Hall–Kier alpha value is -1.70. The quantitative estimate of drug-likeness (QED) is 0.821. The number of benzene rings is 2. The van der Waals surface area contributed by atoms with Crippen LogP contribution in [-0.2, 0) is 14.8 Å². The fraction of sp³-hybridized carbons (Fsp3) is 0.235. The van der Waals surface area contributed by atoms with Crippen molar-refractivity contribution in [2.75, 3.05) is 18.9 Å². The van der Waals surface area contributed by atoms with Crippen LogP contribution in [0.25, 0.3) is 0 Å². The summed E-state index contributed by atoms with van der Waals surface area (Å²) in [5.74, 6) is -0.386. The van der Waals surface area contributed by atoms with E-state index in [2.05, 4.69) is 21.2 Å². The van der Waals surface area contributed by atoms with Gasteiger partial charge in [0.1, 0.15) is 0 Å². The molecule has 0 heterocycles. The SMILES string of the molecule is Cc1cc(C)cc(NC(=O)CN(C)S(=O)(=O)c2ccc(Br)cc2)c1. The minimum atomic E-state index is -3.71. The number of aryl methyl sites for hydroxylation is 2. The van der Waals surface area contributed by atoms with Crippen molar-refractivity contribution < 1.29 is 13.2 Å². The van der Waals surface area contributed by atoms with Crippen LogP contribution in [0.5, 0.6) is 0 Å². The minimum absolute atomic E-state index is 0.146. The lowest BCUT2D eigenvalue weighted by Crippen LogP contribution is -2.35. The Labute approximate surface area is 150 Å². The lowest BCUT2D eigenvalue weighted by atomic mass is 10.1. The van der Waals surface area contributed by atoms with Crippen molar-refractivity contribution in [3.63, 3.8) is 0 Å². The first-order valence-corrected chi connectivity index (χ1v) is 9.52. The summed E-state index contributed by atoms with van der Waals surface area (Å²) < 4.78 is 26.8. The molecule has 0 fully saturated rings. The summed E-state index contributed by atoms with van der Waals surface area (Å²) in [6, 6.07) is 12.0. The second-order valence-electron chi connectivity index (χ2n) is 5.64. The number of carbonyl (C=O) groups excluding carboxylic acids is 1. The predicted molar refractivity (Wildman–Crippen MR) is 98.5 cm³/mol. The van der Waals surface area contributed by atoms with Gasteiger partial charge >= 0.3 is 0 Å². The summed E-state index contributed by atoms with van der Waals surface area (Å²) in [5, 5.41) is 2.73. The average Bonchev–Trinajstić information content (AvgIpc) is 2.46. The second-order valence-corrected chi connectivity index (χ2v) is 8.60. The third-order valence-corrected chi connectivity index (χ3v) is 5.74. The molecule has 24 heavy (non-hydrogen) atoms. The second kappa shape index (κ2) is 7.46. The lowest BCUT2D eigenvalue weighted by molar-refractivity contribution is -0.116. The first-order valence-electron chi connectivity index (χ1n) is 7.28. The lowest BCUT2D eigenvalue weighted by Gasteiger charge is -2.17. The number of nitrogens with one attached hydrogen (secondary N) is 1. The summed E-state index contributed by atoms with van der Waals surface area (Å²) in [5.41, 5.74) is 2.72. The van der Waals surface area contributed by atoms with Crippen molar-refractivity contribution in [2.24, 2.45) is 0 Å². The van der Waals surface area contributed by atoms with Crippen LogP contribution in [0.1, 0.15) is 11.1 Å². The van der Waals surface area contributed by atoms with Crippen LogP contribution < -0.4 is 5.32 Å². The first-order chi connectivity index (χ1) is 11.2. The van der Waals surface area contributed by atoms with Gasteiger partial charge in [0.25, 0.3) is 0 Å². The Bertz CT molecular complexity index is 828. The molecule has 0 atom stereocenters. The molecule has 0 aliphatic heterocycles. The van der Waals surface area contributed by atoms with Crippen LogP contribution in [0.3, 0.4) is 0 Å². The van der Waals surface area contributed by atoms with Crippen molar-refractivity contribution in [2.45, 2.75) is 18.7 Å². The largest absolute Gasteiger partial charge is 0.325 e. The fourth-order valence-electron chi connectivity index (χ4n) is 2.32. The molecule has 0 saturated carbocycles. The molecular weight excluding hydrogens is 392 g/mol. The molecule has 0 spiro atoms. The van der Waals surface area contributed by atoms with E-state index in [4.69, 9.17) is 0 Å². The van der Waals surface area contributed by atoms with E-state index in [1.54, 1.807) is 12.1 Å². The molecule has 1 amide bonds. The van der Waals surface area contributed by atoms with Crippen LogP contribution in [0.2, 0.25) is 0 Å². The van der Waals surface area contributed by atoms with Gasteiger partial charge in [-0.1, -0.05) is 22.0 Å². The smallest absolute Gasteiger partial charge is 0.243 e. The molecule has 0 aliphatic carbocycles. The number of hydrogen-bond donors (Lipinski definition) is 1. The Morgan fingerprint density at radius 1 is 1.08 bits per heavy atom. The van der Waals surface area contributed by atoms with Crippen molar-refractivity contribution in [1.29, 1.82) is 0 Å². The number of amides is 1. The standard InChI is InChI=1S/C17H19BrN2O3S/c1-12-8-13(2)10-15(9-12)19-17(21)11-20(3)24(22,23)16-6-4-14(18)5-7-16/h4-10H,11H2,1-3H3,(H,19,21). The number of carbonyl (C=O) groups is 1. The number of nitrogens with zero attached hydrogens (tertiary/aromatic N) is 1. The van der Waals surface area contributed by atoms with Gasteiger partial charge in [0, 0.05) is 17.2 Å². The van der Waals surface area contributed by atoms with Crippen LogP contribution in [-0.4, -0.2) is 32.2 Å². The maximum absolute atomic E-state index is 12.5. The molecule has 0 bridgehead atoms. The number of anilines is 1. The van der Waals surface area contributed by atoms with Gasteiger partial charge in [-0.15, -0.1) is 0 Å². The van der Waals surface area contributed by atoms with Gasteiger partial charge in [0.15, 0.2) is 0 Å². The molecular formula is C17H19BrN2O3S. The zero-order valence-electron chi connectivity index (χ0n) is 13.7. The number of halogens is 1. The zero-order valence-corrected chi connectivity index (χ0v) is 16.1. The zero-order chi connectivity index (χ0) is 17.9. The Balaban J connectivity index is 2.09.